The first-order valence-corrected chi connectivity index (χ1v) is 5.03. The van der Waals surface area contributed by atoms with Crippen LogP contribution in [0.15, 0.2) is 12.1 Å². The number of hydrogen-bond acceptors (Lipinski definition) is 4. The predicted octanol–water partition coefficient (Wildman–Crippen LogP) is 1.95. The third kappa shape index (κ3) is 3.80. The number of alkyl halides is 2. The first-order valence-electron chi connectivity index (χ1n) is 5.03. The lowest BCUT2D eigenvalue weighted by molar-refractivity contribution is -0.114. The summed E-state index contributed by atoms with van der Waals surface area (Å²) in [5.74, 6) is -2.45. The number of rotatable bonds is 5. The Balaban J connectivity index is 3.32. The van der Waals surface area contributed by atoms with Gasteiger partial charge in [0.25, 0.3) is 0 Å². The number of halogens is 2. The van der Waals surface area contributed by atoms with Crippen molar-refractivity contribution in [1.29, 1.82) is 0 Å². The van der Waals surface area contributed by atoms with Crippen LogP contribution in [0.4, 0.5) is 14.5 Å². The van der Waals surface area contributed by atoms with E-state index in [0.717, 1.165) is 12.1 Å². The number of methoxy groups -OCH3 is 1. The fourth-order valence-electron chi connectivity index (χ4n) is 1.38. The van der Waals surface area contributed by atoms with Gasteiger partial charge in [0.2, 0.25) is 5.91 Å². The lowest BCUT2D eigenvalue weighted by Gasteiger charge is -2.14. The molecule has 0 saturated heterocycles. The predicted molar refractivity (Wildman–Crippen MR) is 60.9 cm³/mol. The molecule has 1 rings (SSSR count). The molecule has 0 radical (unpaired) electrons. The van der Waals surface area contributed by atoms with Crippen molar-refractivity contribution >= 4 is 17.6 Å². The van der Waals surface area contributed by atoms with Gasteiger partial charge in [0.1, 0.15) is 0 Å². The molecular weight excluding hydrogens is 264 g/mol. The van der Waals surface area contributed by atoms with Crippen molar-refractivity contribution in [1.82, 2.24) is 0 Å². The first kappa shape index (κ1) is 14.7. The van der Waals surface area contributed by atoms with E-state index < -0.39 is 24.2 Å². The maximum absolute atomic E-state index is 12.2. The molecule has 8 heteroatoms. The van der Waals surface area contributed by atoms with Crippen LogP contribution in [0.1, 0.15) is 17.3 Å². The van der Waals surface area contributed by atoms with E-state index >= 15 is 0 Å². The molecule has 0 fully saturated rings. The van der Waals surface area contributed by atoms with Crippen LogP contribution in [-0.2, 0) is 4.79 Å². The first-order chi connectivity index (χ1) is 8.85. The Morgan fingerprint density at radius 3 is 2.37 bits per heavy atom. The molecule has 0 bridgehead atoms. The van der Waals surface area contributed by atoms with Gasteiger partial charge in [-0.15, -0.1) is 0 Å². The Kier molecular flexibility index (Phi) is 4.62. The van der Waals surface area contributed by atoms with Gasteiger partial charge in [-0.05, 0) is 0 Å². The largest absolute Gasteiger partial charge is 0.493 e. The van der Waals surface area contributed by atoms with E-state index in [-0.39, 0.29) is 17.0 Å². The van der Waals surface area contributed by atoms with E-state index in [4.69, 9.17) is 9.84 Å². The number of benzene rings is 1. The van der Waals surface area contributed by atoms with Crippen molar-refractivity contribution in [3.8, 4) is 11.5 Å². The maximum Gasteiger partial charge on any atom is 0.387 e. The van der Waals surface area contributed by atoms with Gasteiger partial charge >= 0.3 is 12.6 Å². The molecule has 0 aliphatic carbocycles. The summed E-state index contributed by atoms with van der Waals surface area (Å²) >= 11 is 0. The van der Waals surface area contributed by atoms with Gasteiger partial charge in [0.15, 0.2) is 11.5 Å². The second-order valence-electron chi connectivity index (χ2n) is 3.41. The number of amides is 1. The minimum Gasteiger partial charge on any atom is -0.493 e. The van der Waals surface area contributed by atoms with Gasteiger partial charge in [-0.25, -0.2) is 4.79 Å². The Morgan fingerprint density at radius 2 is 1.95 bits per heavy atom. The van der Waals surface area contributed by atoms with Crippen LogP contribution < -0.4 is 14.8 Å². The molecule has 0 aliphatic rings. The molecule has 6 nitrogen and oxygen atoms in total. The second-order valence-corrected chi connectivity index (χ2v) is 3.41. The fourth-order valence-corrected chi connectivity index (χ4v) is 1.38. The standard InChI is InChI=1S/C11H11F2NO5/c1-5(15)14-7-4-8(18-2)9(19-11(12)13)3-6(7)10(16)17/h3-4,11H,1-2H3,(H,14,15)(H,16,17). The summed E-state index contributed by atoms with van der Waals surface area (Å²) in [6.07, 6.45) is 0. The minimum absolute atomic E-state index is 0.0709. The Morgan fingerprint density at radius 1 is 1.32 bits per heavy atom. The zero-order valence-corrected chi connectivity index (χ0v) is 10.1. The van der Waals surface area contributed by atoms with Gasteiger partial charge in [0, 0.05) is 19.1 Å². The van der Waals surface area contributed by atoms with Crippen LogP contribution in [-0.4, -0.2) is 30.7 Å². The van der Waals surface area contributed by atoms with Crippen molar-refractivity contribution in [2.24, 2.45) is 0 Å². The van der Waals surface area contributed by atoms with Gasteiger partial charge in [-0.1, -0.05) is 0 Å². The molecule has 1 aromatic rings. The van der Waals surface area contributed by atoms with Crippen molar-refractivity contribution in [3.63, 3.8) is 0 Å². The van der Waals surface area contributed by atoms with E-state index in [1.165, 1.54) is 14.0 Å². The molecule has 0 aliphatic heterocycles. The molecular formula is C11H11F2NO5. The van der Waals surface area contributed by atoms with E-state index in [1.807, 2.05) is 0 Å². The molecule has 0 aromatic heterocycles. The van der Waals surface area contributed by atoms with Gasteiger partial charge in [-0.2, -0.15) is 8.78 Å². The summed E-state index contributed by atoms with van der Waals surface area (Å²) in [5, 5.41) is 11.2. The second kappa shape index (κ2) is 5.98. The van der Waals surface area contributed by atoms with Crippen LogP contribution in [0, 0.1) is 0 Å². The van der Waals surface area contributed by atoms with Crippen LogP contribution in [0.25, 0.3) is 0 Å². The molecule has 1 aromatic carbocycles. The summed E-state index contributed by atoms with van der Waals surface area (Å²) in [5.41, 5.74) is -0.454. The number of nitrogens with one attached hydrogen (secondary N) is 1. The summed E-state index contributed by atoms with van der Waals surface area (Å²) in [4.78, 5) is 22.0. The molecule has 104 valence electrons. The number of anilines is 1. The topological polar surface area (TPSA) is 84.9 Å². The summed E-state index contributed by atoms with van der Waals surface area (Å²) < 4.78 is 33.3. The van der Waals surface area contributed by atoms with Gasteiger partial charge < -0.3 is 19.9 Å². The zero-order valence-electron chi connectivity index (χ0n) is 10.1. The highest BCUT2D eigenvalue weighted by Gasteiger charge is 2.19. The number of carbonyl (C=O) groups is 2. The molecule has 0 atom stereocenters. The molecule has 1 amide bonds. The molecule has 0 spiro atoms. The van der Waals surface area contributed by atoms with Crippen LogP contribution in [0.5, 0.6) is 11.5 Å². The normalized spacial score (nSPS) is 10.2. The lowest BCUT2D eigenvalue weighted by Crippen LogP contribution is -2.12. The number of carboxylic acids is 1. The van der Waals surface area contributed by atoms with Crippen LogP contribution in [0.3, 0.4) is 0 Å². The van der Waals surface area contributed by atoms with Crippen molar-refractivity contribution in [2.75, 3.05) is 12.4 Å². The highest BCUT2D eigenvalue weighted by Crippen LogP contribution is 2.34. The lowest BCUT2D eigenvalue weighted by atomic mass is 10.1. The number of carbonyl (C=O) groups excluding carboxylic acids is 1. The smallest absolute Gasteiger partial charge is 0.387 e. The molecule has 0 saturated carbocycles. The van der Waals surface area contributed by atoms with Gasteiger partial charge in [-0.3, -0.25) is 4.79 Å². The fraction of sp³-hybridized carbons (Fsp3) is 0.273. The summed E-state index contributed by atoms with van der Waals surface area (Å²) in [6.45, 7) is -1.94. The SMILES string of the molecule is COc1cc(NC(C)=O)c(C(=O)O)cc1OC(F)F. The molecule has 0 heterocycles. The molecule has 19 heavy (non-hydrogen) atoms. The molecule has 2 N–H and O–H groups in total. The van der Waals surface area contributed by atoms with Crippen molar-refractivity contribution < 1.29 is 33.0 Å². The minimum atomic E-state index is -3.12. The summed E-state index contributed by atoms with van der Waals surface area (Å²) in [6, 6.07) is 1.96. The quantitative estimate of drug-likeness (QED) is 0.858. The zero-order chi connectivity index (χ0) is 14.6. The van der Waals surface area contributed by atoms with E-state index in [2.05, 4.69) is 10.1 Å². The van der Waals surface area contributed by atoms with Crippen LogP contribution >= 0.6 is 0 Å². The average Bonchev–Trinajstić information content (AvgIpc) is 2.28. The van der Waals surface area contributed by atoms with Crippen molar-refractivity contribution in [3.05, 3.63) is 17.7 Å². The Hall–Kier alpha value is -2.38. The highest BCUT2D eigenvalue weighted by atomic mass is 19.3. The van der Waals surface area contributed by atoms with Crippen molar-refractivity contribution in [2.45, 2.75) is 13.5 Å². The van der Waals surface area contributed by atoms with Gasteiger partial charge in [0.05, 0.1) is 18.4 Å². The number of aromatic carboxylic acids is 1. The number of carboxylic acid groups (broad SMARTS) is 1. The average molecular weight is 275 g/mol. The summed E-state index contributed by atoms with van der Waals surface area (Å²) in [7, 11) is 1.20. The van der Waals surface area contributed by atoms with E-state index in [0.29, 0.717) is 0 Å². The maximum atomic E-state index is 12.2. The third-order valence-electron chi connectivity index (χ3n) is 2.06. The highest BCUT2D eigenvalue weighted by molar-refractivity contribution is 6.00. The number of ether oxygens (including phenoxy) is 2. The molecule has 0 unspecified atom stereocenters. The Bertz CT molecular complexity index is 504. The van der Waals surface area contributed by atoms with E-state index in [1.54, 1.807) is 0 Å². The van der Waals surface area contributed by atoms with E-state index in [9.17, 15) is 18.4 Å². The monoisotopic (exact) mass is 275 g/mol. The Labute approximate surface area is 106 Å². The van der Waals surface area contributed by atoms with Crippen LogP contribution in [0.2, 0.25) is 0 Å². The third-order valence-corrected chi connectivity index (χ3v) is 2.06. The number of hydrogen-bond donors (Lipinski definition) is 2.